The molecule has 0 radical (unpaired) electrons. The van der Waals surface area contributed by atoms with Crippen molar-refractivity contribution < 1.29 is 23.8 Å². The van der Waals surface area contributed by atoms with Crippen LogP contribution in [0.4, 0.5) is 10.2 Å². The Morgan fingerprint density at radius 1 is 1.19 bits per heavy atom. The molecule has 3 aliphatic rings. The van der Waals surface area contributed by atoms with Gasteiger partial charge in [0.2, 0.25) is 0 Å². The van der Waals surface area contributed by atoms with Crippen molar-refractivity contribution in [3.05, 3.63) is 52.5 Å². The number of ether oxygens (including phenoxy) is 2. The summed E-state index contributed by atoms with van der Waals surface area (Å²) in [5, 5.41) is 13.9. The lowest BCUT2D eigenvalue weighted by molar-refractivity contribution is -0.143. The minimum atomic E-state index is -0.987. The fraction of sp³-hybridized carbons (Fsp3) is 0.647. The van der Waals surface area contributed by atoms with Crippen molar-refractivity contribution in [2.75, 3.05) is 52.8 Å². The lowest BCUT2D eigenvalue weighted by Crippen LogP contribution is -2.38. The van der Waals surface area contributed by atoms with E-state index in [1.54, 1.807) is 7.11 Å². The first kappa shape index (κ1) is 31.7. The van der Waals surface area contributed by atoms with Crippen LogP contribution < -0.4 is 10.1 Å². The number of nitrogens with one attached hydrogen (secondary N) is 1. The highest BCUT2D eigenvalue weighted by Gasteiger charge is 2.40. The van der Waals surface area contributed by atoms with Crippen molar-refractivity contribution >= 4 is 11.8 Å². The van der Waals surface area contributed by atoms with Gasteiger partial charge in [0.15, 0.2) is 11.6 Å². The van der Waals surface area contributed by atoms with Gasteiger partial charge in [-0.3, -0.25) is 9.69 Å². The van der Waals surface area contributed by atoms with Crippen LogP contribution in [0, 0.1) is 5.82 Å². The van der Waals surface area contributed by atoms with Crippen LogP contribution in [0.3, 0.4) is 0 Å². The molecular weight excluding hydrogens is 547 g/mol. The van der Waals surface area contributed by atoms with Crippen molar-refractivity contribution in [2.24, 2.45) is 0 Å². The van der Waals surface area contributed by atoms with Crippen LogP contribution >= 0.6 is 0 Å². The summed E-state index contributed by atoms with van der Waals surface area (Å²) < 4.78 is 26.9. The average Bonchev–Trinajstić information content (AvgIpc) is 3.50. The smallest absolute Gasteiger partial charge is 0.325 e. The number of rotatable bonds is 13. The summed E-state index contributed by atoms with van der Waals surface area (Å²) in [5.74, 6) is -0.440. The van der Waals surface area contributed by atoms with Crippen LogP contribution in [0.2, 0.25) is 0 Å². The summed E-state index contributed by atoms with van der Waals surface area (Å²) in [7, 11) is 5.21. The first-order chi connectivity index (χ1) is 20.8. The van der Waals surface area contributed by atoms with Gasteiger partial charge in [-0.2, -0.15) is 0 Å². The molecule has 2 aliphatic heterocycles. The molecule has 8 nitrogen and oxygen atoms in total. The van der Waals surface area contributed by atoms with Gasteiger partial charge in [-0.1, -0.05) is 31.7 Å². The zero-order valence-electron chi connectivity index (χ0n) is 26.2. The molecule has 0 spiro atoms. The molecule has 1 aromatic heterocycles. The number of methoxy groups -OCH3 is 2. The number of aromatic nitrogens is 1. The maximum absolute atomic E-state index is 15.5. The number of likely N-dealkylation sites (N-methyl/N-ethyl adjacent to an activating group) is 1. The van der Waals surface area contributed by atoms with Crippen LogP contribution in [0.25, 0.3) is 0 Å². The Morgan fingerprint density at radius 2 is 2.00 bits per heavy atom. The lowest BCUT2D eigenvalue weighted by atomic mass is 9.78. The Morgan fingerprint density at radius 3 is 2.74 bits per heavy atom. The summed E-state index contributed by atoms with van der Waals surface area (Å²) in [6, 6.07) is 6.97. The largest absolute Gasteiger partial charge is 0.493 e. The maximum Gasteiger partial charge on any atom is 0.325 e. The summed E-state index contributed by atoms with van der Waals surface area (Å²) in [6.07, 6.45) is 12.2. The SMILES string of the molecule is COc1c(F)cc(C2(OC)CCCCC2)cc1[C@@H](C(=O)O)N1CC[C@@H](N(C)CCCCCc2ccc3c(n2)NCCC3)C1. The van der Waals surface area contributed by atoms with Gasteiger partial charge in [0, 0.05) is 44.0 Å². The average molecular weight is 597 g/mol. The van der Waals surface area contributed by atoms with Crippen molar-refractivity contribution in [1.82, 2.24) is 14.8 Å². The number of likely N-dealkylation sites (tertiary alicyclic amines) is 1. The molecule has 43 heavy (non-hydrogen) atoms. The van der Waals surface area contributed by atoms with E-state index in [-0.39, 0.29) is 11.8 Å². The monoisotopic (exact) mass is 596 g/mol. The number of halogens is 1. The molecule has 5 rings (SSSR count). The number of nitrogens with zero attached hydrogens (tertiary/aromatic N) is 3. The second-order valence-electron chi connectivity index (χ2n) is 12.6. The number of carboxylic acids is 1. The quantitative estimate of drug-likeness (QED) is 0.275. The summed E-state index contributed by atoms with van der Waals surface area (Å²) in [6.45, 7) is 3.21. The molecule has 2 fully saturated rings. The third-order valence-corrected chi connectivity index (χ3v) is 9.96. The number of carboxylic acid groups (broad SMARTS) is 1. The van der Waals surface area contributed by atoms with Gasteiger partial charge in [0.25, 0.3) is 0 Å². The Balaban J connectivity index is 1.19. The predicted octanol–water partition coefficient (Wildman–Crippen LogP) is 5.94. The normalized spacial score (nSPS) is 20.9. The van der Waals surface area contributed by atoms with Gasteiger partial charge in [-0.25, -0.2) is 9.37 Å². The highest BCUT2D eigenvalue weighted by Crippen LogP contribution is 2.44. The van der Waals surface area contributed by atoms with E-state index >= 15 is 4.39 Å². The van der Waals surface area contributed by atoms with E-state index in [0.717, 1.165) is 95.2 Å². The van der Waals surface area contributed by atoms with E-state index in [2.05, 4.69) is 29.4 Å². The molecular formula is C34H49FN4O4. The number of carbonyl (C=O) groups is 1. The summed E-state index contributed by atoms with van der Waals surface area (Å²) in [4.78, 5) is 21.9. The summed E-state index contributed by atoms with van der Waals surface area (Å²) in [5.41, 5.74) is 2.98. The highest BCUT2D eigenvalue weighted by atomic mass is 19.1. The van der Waals surface area contributed by atoms with E-state index in [1.165, 1.54) is 25.2 Å². The minimum Gasteiger partial charge on any atom is -0.493 e. The first-order valence-corrected chi connectivity index (χ1v) is 16.2. The molecule has 1 saturated carbocycles. The van der Waals surface area contributed by atoms with Crippen LogP contribution in [-0.4, -0.2) is 79.3 Å². The van der Waals surface area contributed by atoms with E-state index < -0.39 is 23.4 Å². The molecule has 9 heteroatoms. The van der Waals surface area contributed by atoms with E-state index in [9.17, 15) is 9.90 Å². The number of anilines is 1. The van der Waals surface area contributed by atoms with Crippen molar-refractivity contribution in [1.29, 1.82) is 0 Å². The number of unbranched alkanes of at least 4 members (excludes halogenated alkanes) is 2. The number of hydrogen-bond donors (Lipinski definition) is 2. The molecule has 2 atom stereocenters. The zero-order valence-corrected chi connectivity index (χ0v) is 26.2. The fourth-order valence-corrected chi connectivity index (χ4v) is 7.41. The van der Waals surface area contributed by atoms with Crippen molar-refractivity contribution in [3.8, 4) is 5.75 Å². The van der Waals surface area contributed by atoms with Crippen LogP contribution in [0.5, 0.6) is 5.75 Å². The zero-order chi connectivity index (χ0) is 30.4. The van der Waals surface area contributed by atoms with E-state index in [0.29, 0.717) is 24.2 Å². The van der Waals surface area contributed by atoms with Gasteiger partial charge in [0.05, 0.1) is 12.7 Å². The Hall–Kier alpha value is -2.75. The molecule has 1 aliphatic carbocycles. The number of benzene rings is 1. The van der Waals surface area contributed by atoms with Crippen LogP contribution in [0.1, 0.15) is 92.6 Å². The van der Waals surface area contributed by atoms with Gasteiger partial charge >= 0.3 is 5.97 Å². The lowest BCUT2D eigenvalue weighted by Gasteiger charge is -2.37. The molecule has 0 amide bonds. The number of pyridine rings is 1. The fourth-order valence-electron chi connectivity index (χ4n) is 7.41. The highest BCUT2D eigenvalue weighted by molar-refractivity contribution is 5.77. The maximum atomic E-state index is 15.5. The molecule has 0 unspecified atom stereocenters. The molecule has 1 aromatic carbocycles. The second kappa shape index (κ2) is 14.4. The molecule has 1 saturated heterocycles. The minimum absolute atomic E-state index is 0.0132. The van der Waals surface area contributed by atoms with Crippen molar-refractivity contribution in [2.45, 2.75) is 94.7 Å². The first-order valence-electron chi connectivity index (χ1n) is 16.2. The van der Waals surface area contributed by atoms with Gasteiger partial charge in [-0.05, 0) is 94.3 Å². The van der Waals surface area contributed by atoms with Gasteiger partial charge in [0.1, 0.15) is 11.9 Å². The molecule has 2 aromatic rings. The number of aryl methyl sites for hydroxylation is 2. The number of aliphatic carboxylic acids is 1. The second-order valence-corrected chi connectivity index (χ2v) is 12.6. The Bertz CT molecular complexity index is 1250. The molecule has 0 bridgehead atoms. The van der Waals surface area contributed by atoms with Crippen LogP contribution in [0.15, 0.2) is 24.3 Å². The third-order valence-electron chi connectivity index (χ3n) is 9.96. The predicted molar refractivity (Wildman–Crippen MR) is 166 cm³/mol. The number of hydrogen-bond acceptors (Lipinski definition) is 7. The standard InChI is InChI=1S/C34H49FN4O4/c1-38(19-9-4-6-12-26-14-13-24-11-10-18-36-32(24)37-26)27-15-20-39(23-27)30(33(40)41)28-21-25(22-29(35)31(28)42-2)34(43-3)16-7-5-8-17-34/h13-14,21-22,27,30H,4-12,15-20,23H2,1-3H3,(H,36,37)(H,40,41)/t27-,30+/m1/s1. The number of fused-ring (bicyclic) bond motifs is 1. The summed E-state index contributed by atoms with van der Waals surface area (Å²) >= 11 is 0. The topological polar surface area (TPSA) is 87.2 Å². The molecule has 2 N–H and O–H groups in total. The molecule has 3 heterocycles. The van der Waals surface area contributed by atoms with Crippen LogP contribution in [-0.2, 0) is 28.0 Å². The van der Waals surface area contributed by atoms with E-state index in [4.69, 9.17) is 14.5 Å². The van der Waals surface area contributed by atoms with Crippen molar-refractivity contribution in [3.63, 3.8) is 0 Å². The Labute approximate surface area is 256 Å². The molecule has 236 valence electrons. The van der Waals surface area contributed by atoms with E-state index in [1.807, 2.05) is 11.0 Å². The Kier molecular flexibility index (Phi) is 10.6. The van der Waals surface area contributed by atoms with Gasteiger partial charge in [-0.15, -0.1) is 0 Å². The third kappa shape index (κ3) is 7.15. The van der Waals surface area contributed by atoms with Gasteiger partial charge < -0.3 is 24.8 Å².